The van der Waals surface area contributed by atoms with E-state index in [2.05, 4.69) is 4.99 Å². The van der Waals surface area contributed by atoms with Gasteiger partial charge in [0.15, 0.2) is 6.04 Å². The molecule has 0 spiro atoms. The number of thioether (sulfide) groups is 1. The molecule has 2 rings (SSSR count). The monoisotopic (exact) mass is 213 g/mol. The lowest BCUT2D eigenvalue weighted by Crippen LogP contribution is -2.17. The number of aliphatic carboxylic acids is 1. The van der Waals surface area contributed by atoms with Gasteiger partial charge < -0.3 is 5.11 Å². The van der Waals surface area contributed by atoms with Crippen molar-refractivity contribution in [2.24, 2.45) is 4.99 Å². The van der Waals surface area contributed by atoms with Gasteiger partial charge in [-0.2, -0.15) is 11.3 Å². The largest absolute Gasteiger partial charge is 0.480 e. The highest BCUT2D eigenvalue weighted by atomic mass is 32.2. The molecule has 0 radical (unpaired) electrons. The molecule has 5 heteroatoms. The normalized spacial score (nSPS) is 21.5. The molecule has 1 aliphatic heterocycles. The predicted molar refractivity (Wildman–Crippen MR) is 54.7 cm³/mol. The van der Waals surface area contributed by atoms with E-state index >= 15 is 0 Å². The summed E-state index contributed by atoms with van der Waals surface area (Å²) in [6.45, 7) is 0. The van der Waals surface area contributed by atoms with E-state index in [1.807, 2.05) is 16.8 Å². The second kappa shape index (κ2) is 3.51. The molecule has 0 amide bonds. The first-order valence-corrected chi connectivity index (χ1v) is 5.66. The Morgan fingerprint density at radius 1 is 1.69 bits per heavy atom. The van der Waals surface area contributed by atoms with E-state index in [1.54, 1.807) is 11.3 Å². The maximum absolute atomic E-state index is 10.6. The third-order valence-corrected chi connectivity index (χ3v) is 3.48. The smallest absolute Gasteiger partial charge is 0.329 e. The molecule has 1 aromatic heterocycles. The van der Waals surface area contributed by atoms with E-state index in [1.165, 1.54) is 11.8 Å². The molecule has 0 saturated carbocycles. The zero-order chi connectivity index (χ0) is 9.26. The fourth-order valence-electron chi connectivity index (χ4n) is 1.04. The molecule has 1 unspecified atom stereocenters. The SMILES string of the molecule is O=C(O)C1CSC(c2ccsc2)=N1. The van der Waals surface area contributed by atoms with Crippen LogP contribution in [0.4, 0.5) is 0 Å². The quantitative estimate of drug-likeness (QED) is 0.813. The topological polar surface area (TPSA) is 49.7 Å². The third kappa shape index (κ3) is 1.76. The van der Waals surface area contributed by atoms with Gasteiger partial charge in [-0.05, 0) is 11.4 Å². The van der Waals surface area contributed by atoms with Crippen molar-refractivity contribution in [2.45, 2.75) is 6.04 Å². The third-order valence-electron chi connectivity index (χ3n) is 1.70. The van der Waals surface area contributed by atoms with Gasteiger partial charge >= 0.3 is 5.97 Å². The minimum Gasteiger partial charge on any atom is -0.480 e. The minimum atomic E-state index is -0.835. The average Bonchev–Trinajstić information content (AvgIpc) is 2.75. The highest BCUT2D eigenvalue weighted by molar-refractivity contribution is 8.14. The van der Waals surface area contributed by atoms with Crippen LogP contribution in [-0.2, 0) is 4.79 Å². The van der Waals surface area contributed by atoms with Crippen LogP contribution in [0.3, 0.4) is 0 Å². The van der Waals surface area contributed by atoms with E-state index in [4.69, 9.17) is 5.11 Å². The first kappa shape index (κ1) is 8.77. The Kier molecular flexibility index (Phi) is 2.37. The summed E-state index contributed by atoms with van der Waals surface area (Å²) >= 11 is 3.11. The highest BCUT2D eigenvalue weighted by Gasteiger charge is 2.24. The molecular formula is C8H7NO2S2. The van der Waals surface area contributed by atoms with Gasteiger partial charge in [0, 0.05) is 16.7 Å². The van der Waals surface area contributed by atoms with Gasteiger partial charge in [-0.15, -0.1) is 11.8 Å². The zero-order valence-electron chi connectivity index (χ0n) is 6.64. The van der Waals surface area contributed by atoms with Crippen molar-refractivity contribution >= 4 is 34.1 Å². The number of hydrogen-bond donors (Lipinski definition) is 1. The molecule has 1 atom stereocenters. The minimum absolute atomic E-state index is 0.556. The van der Waals surface area contributed by atoms with Gasteiger partial charge in [-0.1, -0.05) is 0 Å². The van der Waals surface area contributed by atoms with Crippen molar-refractivity contribution in [3.8, 4) is 0 Å². The van der Waals surface area contributed by atoms with Crippen LogP contribution < -0.4 is 0 Å². The number of carboxylic acids is 1. The predicted octanol–water partition coefficient (Wildman–Crippen LogP) is 1.69. The first-order chi connectivity index (χ1) is 6.27. The highest BCUT2D eigenvalue weighted by Crippen LogP contribution is 2.24. The molecule has 68 valence electrons. The fraction of sp³-hybridized carbons (Fsp3) is 0.250. The number of nitrogens with zero attached hydrogens (tertiary/aromatic N) is 1. The molecule has 1 aromatic rings. The number of hydrogen-bond acceptors (Lipinski definition) is 4. The number of aliphatic imine (C=N–C) groups is 1. The van der Waals surface area contributed by atoms with E-state index in [0.29, 0.717) is 5.75 Å². The number of carbonyl (C=O) groups is 1. The molecule has 0 aromatic carbocycles. The van der Waals surface area contributed by atoms with Gasteiger partial charge in [0.1, 0.15) is 0 Å². The van der Waals surface area contributed by atoms with Crippen LogP contribution in [0.15, 0.2) is 21.8 Å². The second-order valence-corrected chi connectivity index (χ2v) is 4.40. The molecule has 1 N–H and O–H groups in total. The molecule has 0 fully saturated rings. The molecule has 0 bridgehead atoms. The van der Waals surface area contributed by atoms with E-state index in [9.17, 15) is 4.79 Å². The summed E-state index contributed by atoms with van der Waals surface area (Å²) in [6.07, 6.45) is 0. The van der Waals surface area contributed by atoms with Gasteiger partial charge in [0.25, 0.3) is 0 Å². The van der Waals surface area contributed by atoms with Crippen molar-refractivity contribution in [1.82, 2.24) is 0 Å². The Morgan fingerprint density at radius 3 is 3.08 bits per heavy atom. The Labute approximate surface area is 83.5 Å². The van der Waals surface area contributed by atoms with Crippen LogP contribution in [0.5, 0.6) is 0 Å². The van der Waals surface area contributed by atoms with E-state index in [0.717, 1.165) is 10.6 Å². The molecule has 13 heavy (non-hydrogen) atoms. The van der Waals surface area contributed by atoms with Crippen molar-refractivity contribution in [3.63, 3.8) is 0 Å². The molecule has 3 nitrogen and oxygen atoms in total. The summed E-state index contributed by atoms with van der Waals surface area (Å²) in [4.78, 5) is 14.7. The maximum atomic E-state index is 10.6. The Bertz CT molecular complexity index is 345. The van der Waals surface area contributed by atoms with Gasteiger partial charge in [-0.25, -0.2) is 4.79 Å². The van der Waals surface area contributed by atoms with E-state index < -0.39 is 12.0 Å². The van der Waals surface area contributed by atoms with Crippen molar-refractivity contribution < 1.29 is 9.90 Å². The van der Waals surface area contributed by atoms with Crippen LogP contribution in [0.2, 0.25) is 0 Å². The Hall–Kier alpha value is -0.810. The standard InChI is InChI=1S/C8H7NO2S2/c10-8(11)6-4-13-7(9-6)5-1-2-12-3-5/h1-3,6H,4H2,(H,10,11). The van der Waals surface area contributed by atoms with Crippen LogP contribution in [0.1, 0.15) is 5.56 Å². The number of carboxylic acid groups (broad SMARTS) is 1. The molecule has 2 heterocycles. The Balaban J connectivity index is 2.20. The first-order valence-electron chi connectivity index (χ1n) is 3.73. The summed E-state index contributed by atoms with van der Waals surface area (Å²) in [7, 11) is 0. The summed E-state index contributed by atoms with van der Waals surface area (Å²) in [6, 6.07) is 1.40. The van der Waals surface area contributed by atoms with Crippen molar-refractivity contribution in [3.05, 3.63) is 22.4 Å². The maximum Gasteiger partial charge on any atom is 0.329 e. The van der Waals surface area contributed by atoms with Crippen molar-refractivity contribution in [2.75, 3.05) is 5.75 Å². The van der Waals surface area contributed by atoms with Gasteiger partial charge in [0.05, 0.1) is 5.04 Å². The lowest BCUT2D eigenvalue weighted by molar-refractivity contribution is -0.137. The summed E-state index contributed by atoms with van der Waals surface area (Å²) < 4.78 is 0. The summed E-state index contributed by atoms with van der Waals surface area (Å²) in [5, 5.41) is 13.5. The van der Waals surface area contributed by atoms with Crippen molar-refractivity contribution in [1.29, 1.82) is 0 Å². The second-order valence-electron chi connectivity index (χ2n) is 2.61. The summed E-state index contributed by atoms with van der Waals surface area (Å²) in [5.41, 5.74) is 1.04. The van der Waals surface area contributed by atoms with Crippen LogP contribution in [-0.4, -0.2) is 27.9 Å². The molecular weight excluding hydrogens is 206 g/mol. The van der Waals surface area contributed by atoms with E-state index in [-0.39, 0.29) is 0 Å². The number of rotatable bonds is 2. The van der Waals surface area contributed by atoms with Crippen LogP contribution >= 0.6 is 23.1 Å². The molecule has 0 aliphatic carbocycles. The van der Waals surface area contributed by atoms with Crippen LogP contribution in [0, 0.1) is 0 Å². The lowest BCUT2D eigenvalue weighted by atomic mass is 10.3. The lowest BCUT2D eigenvalue weighted by Gasteiger charge is -1.93. The van der Waals surface area contributed by atoms with Gasteiger partial charge in [-0.3, -0.25) is 4.99 Å². The number of thiophene rings is 1. The molecule has 1 aliphatic rings. The molecule has 0 saturated heterocycles. The van der Waals surface area contributed by atoms with Crippen LogP contribution in [0.25, 0.3) is 0 Å². The summed E-state index contributed by atoms with van der Waals surface area (Å²) in [5.74, 6) is -0.279. The fourth-order valence-corrected chi connectivity index (χ4v) is 2.79. The van der Waals surface area contributed by atoms with Gasteiger partial charge in [0.2, 0.25) is 0 Å². The Morgan fingerprint density at radius 2 is 2.54 bits per heavy atom. The average molecular weight is 213 g/mol. The zero-order valence-corrected chi connectivity index (χ0v) is 8.27.